The summed E-state index contributed by atoms with van der Waals surface area (Å²) in [6.07, 6.45) is -4.25. The number of halogens is 3. The van der Waals surface area contributed by atoms with Gasteiger partial charge >= 0.3 is 6.18 Å². The molecule has 2 unspecified atom stereocenters. The molecule has 1 aromatic heterocycles. The molecule has 1 saturated heterocycles. The third-order valence-corrected chi connectivity index (χ3v) is 3.16. The SMILES string of the molecule is CN1CCOC(Cn2ccc(C(O)C(F)(F)F)c2)C1. The molecule has 19 heavy (non-hydrogen) atoms. The molecule has 0 amide bonds. The molecular formula is C12H17F3N2O2. The van der Waals surface area contributed by atoms with Crippen LogP contribution in [0.2, 0.25) is 0 Å². The van der Waals surface area contributed by atoms with Gasteiger partial charge in [0.25, 0.3) is 0 Å². The van der Waals surface area contributed by atoms with Crippen molar-refractivity contribution in [1.82, 2.24) is 9.47 Å². The molecule has 1 fully saturated rings. The van der Waals surface area contributed by atoms with Crippen molar-refractivity contribution in [2.75, 3.05) is 26.7 Å². The molecule has 1 aliphatic heterocycles. The summed E-state index contributed by atoms with van der Waals surface area (Å²) in [4.78, 5) is 2.11. The molecule has 0 saturated carbocycles. The number of ether oxygens (including phenoxy) is 1. The number of alkyl halides is 3. The van der Waals surface area contributed by atoms with Gasteiger partial charge in [-0.05, 0) is 13.1 Å². The summed E-state index contributed by atoms with van der Waals surface area (Å²) in [5.41, 5.74) is -0.142. The van der Waals surface area contributed by atoms with Crippen molar-refractivity contribution in [3.05, 3.63) is 24.0 Å². The van der Waals surface area contributed by atoms with Gasteiger partial charge in [0.2, 0.25) is 0 Å². The van der Waals surface area contributed by atoms with Gasteiger partial charge in [-0.2, -0.15) is 13.2 Å². The van der Waals surface area contributed by atoms with Crippen LogP contribution in [0.5, 0.6) is 0 Å². The number of aliphatic hydroxyl groups excluding tert-OH is 1. The van der Waals surface area contributed by atoms with Crippen molar-refractivity contribution in [2.24, 2.45) is 0 Å². The third-order valence-electron chi connectivity index (χ3n) is 3.16. The first-order valence-corrected chi connectivity index (χ1v) is 6.07. The first-order chi connectivity index (χ1) is 8.86. The molecule has 1 N–H and O–H groups in total. The first-order valence-electron chi connectivity index (χ1n) is 6.07. The number of rotatable bonds is 3. The van der Waals surface area contributed by atoms with Gasteiger partial charge in [0.05, 0.1) is 12.7 Å². The van der Waals surface area contributed by atoms with Gasteiger partial charge in [0.1, 0.15) is 0 Å². The van der Waals surface area contributed by atoms with Crippen molar-refractivity contribution in [1.29, 1.82) is 0 Å². The van der Waals surface area contributed by atoms with Crippen LogP contribution >= 0.6 is 0 Å². The monoisotopic (exact) mass is 278 g/mol. The molecule has 1 aromatic rings. The second-order valence-corrected chi connectivity index (χ2v) is 4.84. The minimum Gasteiger partial charge on any atom is -0.379 e. The summed E-state index contributed by atoms with van der Waals surface area (Å²) in [5.74, 6) is 0. The Morgan fingerprint density at radius 2 is 2.26 bits per heavy atom. The van der Waals surface area contributed by atoms with Crippen LogP contribution in [0.15, 0.2) is 18.5 Å². The normalized spacial score (nSPS) is 23.5. The van der Waals surface area contributed by atoms with Crippen molar-refractivity contribution in [3.63, 3.8) is 0 Å². The van der Waals surface area contributed by atoms with Gasteiger partial charge in [0, 0.05) is 37.6 Å². The number of likely N-dealkylation sites (N-methyl/N-ethyl adjacent to an activating group) is 1. The minimum absolute atomic E-state index is 0.0398. The van der Waals surface area contributed by atoms with Crippen molar-refractivity contribution < 1.29 is 23.0 Å². The lowest BCUT2D eigenvalue weighted by molar-refractivity contribution is -0.206. The van der Waals surface area contributed by atoms with Crippen LogP contribution < -0.4 is 0 Å². The van der Waals surface area contributed by atoms with Crippen LogP contribution in [0.3, 0.4) is 0 Å². The average molecular weight is 278 g/mol. The maximum Gasteiger partial charge on any atom is 0.418 e. The van der Waals surface area contributed by atoms with E-state index in [9.17, 15) is 13.2 Å². The highest BCUT2D eigenvalue weighted by Crippen LogP contribution is 2.32. The smallest absolute Gasteiger partial charge is 0.379 e. The molecule has 108 valence electrons. The fraction of sp³-hybridized carbons (Fsp3) is 0.667. The second kappa shape index (κ2) is 5.52. The Kier molecular flexibility index (Phi) is 4.17. The van der Waals surface area contributed by atoms with E-state index in [1.165, 1.54) is 18.5 Å². The molecule has 1 aliphatic rings. The topological polar surface area (TPSA) is 37.6 Å². The highest BCUT2D eigenvalue weighted by atomic mass is 19.4. The lowest BCUT2D eigenvalue weighted by atomic mass is 10.2. The van der Waals surface area contributed by atoms with Crippen molar-refractivity contribution in [2.45, 2.75) is 24.9 Å². The van der Waals surface area contributed by atoms with Crippen LogP contribution in [0.1, 0.15) is 11.7 Å². The van der Waals surface area contributed by atoms with Crippen LogP contribution in [0, 0.1) is 0 Å². The maximum absolute atomic E-state index is 12.4. The van der Waals surface area contributed by atoms with E-state index in [2.05, 4.69) is 4.90 Å². The predicted octanol–water partition coefficient (Wildman–Crippen LogP) is 1.41. The summed E-state index contributed by atoms with van der Waals surface area (Å²) in [5, 5.41) is 9.14. The predicted molar refractivity (Wildman–Crippen MR) is 62.7 cm³/mol. The maximum atomic E-state index is 12.4. The highest BCUT2D eigenvalue weighted by Gasteiger charge is 2.39. The average Bonchev–Trinajstić information content (AvgIpc) is 2.75. The van der Waals surface area contributed by atoms with E-state index >= 15 is 0 Å². The van der Waals surface area contributed by atoms with Gasteiger partial charge < -0.3 is 19.3 Å². The van der Waals surface area contributed by atoms with Gasteiger partial charge in [0.15, 0.2) is 6.10 Å². The summed E-state index contributed by atoms with van der Waals surface area (Å²) < 4.78 is 44.3. The molecule has 0 radical (unpaired) electrons. The lowest BCUT2D eigenvalue weighted by Crippen LogP contribution is -2.41. The van der Waals surface area contributed by atoms with E-state index in [1.807, 2.05) is 7.05 Å². The van der Waals surface area contributed by atoms with E-state index in [4.69, 9.17) is 9.84 Å². The number of hydrogen-bond donors (Lipinski definition) is 1. The molecule has 0 aromatic carbocycles. The zero-order chi connectivity index (χ0) is 14.0. The summed E-state index contributed by atoms with van der Waals surface area (Å²) >= 11 is 0. The van der Waals surface area contributed by atoms with Crippen LogP contribution in [-0.2, 0) is 11.3 Å². The molecule has 7 heteroatoms. The summed E-state index contributed by atoms with van der Waals surface area (Å²) in [7, 11) is 1.98. The highest BCUT2D eigenvalue weighted by molar-refractivity contribution is 5.15. The second-order valence-electron chi connectivity index (χ2n) is 4.84. The first kappa shape index (κ1) is 14.4. The Balaban J connectivity index is 1.97. The molecule has 4 nitrogen and oxygen atoms in total. The van der Waals surface area contributed by atoms with Crippen molar-refractivity contribution >= 4 is 0 Å². The quantitative estimate of drug-likeness (QED) is 0.908. The Morgan fingerprint density at radius 3 is 2.89 bits per heavy atom. The molecule has 0 spiro atoms. The molecule has 2 rings (SSSR count). The zero-order valence-electron chi connectivity index (χ0n) is 10.6. The minimum atomic E-state index is -4.63. The van der Waals surface area contributed by atoms with Crippen molar-refractivity contribution in [3.8, 4) is 0 Å². The number of aliphatic hydroxyl groups is 1. The van der Waals surface area contributed by atoms with Crippen LogP contribution in [-0.4, -0.2) is 53.6 Å². The molecular weight excluding hydrogens is 261 g/mol. The zero-order valence-corrected chi connectivity index (χ0v) is 10.6. The Labute approximate surface area is 109 Å². The van der Waals surface area contributed by atoms with E-state index in [0.29, 0.717) is 13.2 Å². The fourth-order valence-electron chi connectivity index (χ4n) is 2.14. The Bertz CT molecular complexity index is 419. The van der Waals surface area contributed by atoms with Gasteiger partial charge in [-0.1, -0.05) is 0 Å². The Morgan fingerprint density at radius 1 is 1.53 bits per heavy atom. The lowest BCUT2D eigenvalue weighted by Gasteiger charge is -2.30. The number of nitrogens with zero attached hydrogens (tertiary/aromatic N) is 2. The summed E-state index contributed by atoms with van der Waals surface area (Å²) in [6.45, 7) is 2.71. The largest absolute Gasteiger partial charge is 0.418 e. The number of aromatic nitrogens is 1. The summed E-state index contributed by atoms with van der Waals surface area (Å²) in [6, 6.07) is 1.28. The van der Waals surface area contributed by atoms with E-state index in [0.717, 1.165) is 13.1 Å². The molecule has 0 bridgehead atoms. The van der Waals surface area contributed by atoms with Crippen LogP contribution in [0.25, 0.3) is 0 Å². The van der Waals surface area contributed by atoms with E-state index in [1.54, 1.807) is 4.57 Å². The third kappa shape index (κ3) is 3.71. The van der Waals surface area contributed by atoms with Gasteiger partial charge in [-0.25, -0.2) is 0 Å². The molecule has 2 atom stereocenters. The van der Waals surface area contributed by atoms with Gasteiger partial charge in [-0.3, -0.25) is 0 Å². The standard InChI is InChI=1S/C12H17F3N2O2/c1-16-4-5-19-10(7-16)8-17-3-2-9(6-17)11(18)12(13,14)15/h2-3,6,10-11,18H,4-5,7-8H2,1H3. The van der Waals surface area contributed by atoms with Crippen LogP contribution in [0.4, 0.5) is 13.2 Å². The molecule has 0 aliphatic carbocycles. The van der Waals surface area contributed by atoms with Gasteiger partial charge in [-0.15, -0.1) is 0 Å². The van der Waals surface area contributed by atoms with E-state index < -0.39 is 12.3 Å². The Hall–Kier alpha value is -1.05. The fourth-order valence-corrected chi connectivity index (χ4v) is 2.14. The van der Waals surface area contributed by atoms with E-state index in [-0.39, 0.29) is 11.7 Å². The molecule has 2 heterocycles. The number of morpholine rings is 1. The number of hydrogen-bond acceptors (Lipinski definition) is 3.